The number of rotatable bonds is 7. The van der Waals surface area contributed by atoms with Crippen LogP contribution in [0.1, 0.15) is 36.0 Å². The van der Waals surface area contributed by atoms with E-state index in [1.54, 1.807) is 12.1 Å². The predicted molar refractivity (Wildman–Crippen MR) is 79.6 cm³/mol. The van der Waals surface area contributed by atoms with Crippen molar-refractivity contribution in [1.82, 2.24) is 0 Å². The van der Waals surface area contributed by atoms with Crippen LogP contribution in [0.5, 0.6) is 5.75 Å². The lowest BCUT2D eigenvalue weighted by atomic mass is 10.0. The molecule has 0 aliphatic heterocycles. The number of ether oxygens (including phenoxy) is 1. The minimum absolute atomic E-state index is 0.0320. The molecule has 0 unspecified atom stereocenters. The lowest BCUT2D eigenvalue weighted by molar-refractivity contribution is 0.0979. The van der Waals surface area contributed by atoms with E-state index in [1.807, 2.05) is 0 Å². The highest BCUT2D eigenvalue weighted by Crippen LogP contribution is 2.31. The average Bonchev–Trinajstić information content (AvgIpc) is 2.34. The van der Waals surface area contributed by atoms with Gasteiger partial charge in [-0.1, -0.05) is 45.6 Å². The number of carbonyl (C=O) groups excluding carboxylic acids is 1. The van der Waals surface area contributed by atoms with Crippen LogP contribution in [-0.4, -0.2) is 18.2 Å². The number of hydrogen-bond donors (Lipinski definition) is 0. The van der Waals surface area contributed by atoms with Crippen molar-refractivity contribution >= 4 is 44.9 Å². The Hall–Kier alpha value is -0.250. The first-order valence-corrected chi connectivity index (χ1v) is 7.60. The molecule has 100 valence electrons. The topological polar surface area (TPSA) is 26.3 Å². The number of carbonyl (C=O) groups is 1. The van der Waals surface area contributed by atoms with E-state index < -0.39 is 0 Å². The molecular weight excluding hydrogens is 339 g/mol. The van der Waals surface area contributed by atoms with Crippen LogP contribution in [0.15, 0.2) is 12.1 Å². The zero-order valence-electron chi connectivity index (χ0n) is 10.1. The van der Waals surface area contributed by atoms with Gasteiger partial charge in [0.25, 0.3) is 0 Å². The third kappa shape index (κ3) is 4.45. The monoisotopic (exact) mass is 352 g/mol. The normalized spacial score (nSPS) is 10.4. The highest BCUT2D eigenvalue weighted by Gasteiger charge is 2.14. The van der Waals surface area contributed by atoms with E-state index in [1.165, 1.54) is 7.11 Å². The summed E-state index contributed by atoms with van der Waals surface area (Å²) in [5, 5.41) is 1.76. The Morgan fingerprint density at radius 3 is 2.56 bits per heavy atom. The number of unbranched alkanes of at least 4 members (excludes halogenated alkanes) is 2. The maximum absolute atomic E-state index is 12.0. The quantitative estimate of drug-likeness (QED) is 0.385. The SMILES string of the molecule is COc1cc(C(=O)CCCCCBr)c(Cl)cc1Cl. The number of hydrogen-bond acceptors (Lipinski definition) is 2. The van der Waals surface area contributed by atoms with Crippen molar-refractivity contribution in [1.29, 1.82) is 0 Å². The summed E-state index contributed by atoms with van der Waals surface area (Å²) >= 11 is 15.3. The van der Waals surface area contributed by atoms with Crippen molar-refractivity contribution in [3.63, 3.8) is 0 Å². The number of benzene rings is 1. The maximum Gasteiger partial charge on any atom is 0.164 e. The van der Waals surface area contributed by atoms with Crippen molar-refractivity contribution in [2.45, 2.75) is 25.7 Å². The Morgan fingerprint density at radius 1 is 1.22 bits per heavy atom. The molecule has 0 spiro atoms. The highest BCUT2D eigenvalue weighted by molar-refractivity contribution is 9.09. The zero-order chi connectivity index (χ0) is 13.5. The maximum atomic E-state index is 12.0. The van der Waals surface area contributed by atoms with E-state index in [4.69, 9.17) is 27.9 Å². The number of alkyl halides is 1. The second-order valence-electron chi connectivity index (χ2n) is 3.89. The molecule has 0 N–H and O–H groups in total. The fourth-order valence-electron chi connectivity index (χ4n) is 1.59. The molecule has 0 heterocycles. The number of methoxy groups -OCH3 is 1. The van der Waals surface area contributed by atoms with Crippen molar-refractivity contribution in [3.05, 3.63) is 27.7 Å². The summed E-state index contributed by atoms with van der Waals surface area (Å²) in [6.45, 7) is 0. The number of ketones is 1. The van der Waals surface area contributed by atoms with Gasteiger partial charge in [0.15, 0.2) is 5.78 Å². The summed E-state index contributed by atoms with van der Waals surface area (Å²) in [7, 11) is 1.51. The molecule has 5 heteroatoms. The summed E-state index contributed by atoms with van der Waals surface area (Å²) in [6, 6.07) is 3.16. The first-order chi connectivity index (χ1) is 8.60. The molecule has 1 aromatic rings. The molecule has 0 aliphatic carbocycles. The fraction of sp³-hybridized carbons (Fsp3) is 0.462. The molecule has 0 aromatic heterocycles. The van der Waals surface area contributed by atoms with Gasteiger partial charge < -0.3 is 4.74 Å². The van der Waals surface area contributed by atoms with Gasteiger partial charge in [0.1, 0.15) is 5.75 Å². The Kier molecular flexibility index (Phi) is 7.05. The first kappa shape index (κ1) is 15.8. The molecule has 0 fully saturated rings. The van der Waals surface area contributed by atoms with E-state index >= 15 is 0 Å². The van der Waals surface area contributed by atoms with Crippen LogP contribution in [0.2, 0.25) is 10.0 Å². The number of Topliss-reactive ketones (excluding diaryl/α,β-unsaturated/α-hetero) is 1. The van der Waals surface area contributed by atoms with E-state index in [-0.39, 0.29) is 5.78 Å². The smallest absolute Gasteiger partial charge is 0.164 e. The molecule has 0 saturated heterocycles. The molecule has 0 saturated carbocycles. The van der Waals surface area contributed by atoms with Crippen LogP contribution in [0.25, 0.3) is 0 Å². The van der Waals surface area contributed by atoms with E-state index in [0.29, 0.717) is 27.8 Å². The Balaban J connectivity index is 2.73. The fourth-order valence-corrected chi connectivity index (χ4v) is 2.55. The van der Waals surface area contributed by atoms with Gasteiger partial charge >= 0.3 is 0 Å². The largest absolute Gasteiger partial charge is 0.495 e. The van der Waals surface area contributed by atoms with Crippen molar-refractivity contribution in [2.75, 3.05) is 12.4 Å². The molecule has 2 nitrogen and oxygen atoms in total. The van der Waals surface area contributed by atoms with Gasteiger partial charge in [-0.05, 0) is 25.0 Å². The van der Waals surface area contributed by atoms with Gasteiger partial charge in [0.2, 0.25) is 0 Å². The van der Waals surface area contributed by atoms with Gasteiger partial charge in [-0.3, -0.25) is 4.79 Å². The van der Waals surface area contributed by atoms with Crippen molar-refractivity contribution in [2.24, 2.45) is 0 Å². The van der Waals surface area contributed by atoms with Gasteiger partial charge in [-0.25, -0.2) is 0 Å². The van der Waals surface area contributed by atoms with Gasteiger partial charge in [0, 0.05) is 17.3 Å². The minimum Gasteiger partial charge on any atom is -0.495 e. The van der Waals surface area contributed by atoms with Crippen LogP contribution in [-0.2, 0) is 0 Å². The average molecular weight is 354 g/mol. The molecule has 0 aliphatic rings. The molecule has 0 atom stereocenters. The zero-order valence-corrected chi connectivity index (χ0v) is 13.2. The van der Waals surface area contributed by atoms with Crippen molar-refractivity contribution < 1.29 is 9.53 Å². The summed E-state index contributed by atoms with van der Waals surface area (Å²) in [6.07, 6.45) is 3.47. The van der Waals surface area contributed by atoms with Gasteiger partial charge in [-0.2, -0.15) is 0 Å². The third-order valence-electron chi connectivity index (χ3n) is 2.58. The first-order valence-electron chi connectivity index (χ1n) is 5.72. The Labute approximate surface area is 126 Å². The molecule has 0 bridgehead atoms. The molecular formula is C13H15BrCl2O2. The summed E-state index contributed by atoms with van der Waals surface area (Å²) in [5.41, 5.74) is 0.483. The van der Waals surface area contributed by atoms with Crippen molar-refractivity contribution in [3.8, 4) is 5.75 Å². The molecule has 18 heavy (non-hydrogen) atoms. The molecule has 1 aromatic carbocycles. The molecule has 0 radical (unpaired) electrons. The van der Waals surface area contributed by atoms with Crippen LogP contribution in [0.4, 0.5) is 0 Å². The van der Waals surface area contributed by atoms with Crippen LogP contribution < -0.4 is 4.74 Å². The molecule has 1 rings (SSSR count). The summed E-state index contributed by atoms with van der Waals surface area (Å²) < 4.78 is 5.08. The van der Waals surface area contributed by atoms with Gasteiger partial charge in [0.05, 0.1) is 17.2 Å². The predicted octanol–water partition coefficient (Wildman–Crippen LogP) is 5.14. The summed E-state index contributed by atoms with van der Waals surface area (Å²) in [5.74, 6) is 0.509. The second kappa shape index (κ2) is 8.03. The molecule has 0 amide bonds. The second-order valence-corrected chi connectivity index (χ2v) is 5.50. The minimum atomic E-state index is 0.0320. The van der Waals surface area contributed by atoms with E-state index in [9.17, 15) is 4.79 Å². The summed E-state index contributed by atoms with van der Waals surface area (Å²) in [4.78, 5) is 12.0. The van der Waals surface area contributed by atoms with Crippen LogP contribution in [0, 0.1) is 0 Å². The lowest BCUT2D eigenvalue weighted by Crippen LogP contribution is -2.01. The Morgan fingerprint density at radius 2 is 1.94 bits per heavy atom. The number of halogens is 3. The van der Waals surface area contributed by atoms with E-state index in [2.05, 4.69) is 15.9 Å². The Bertz CT molecular complexity index is 422. The van der Waals surface area contributed by atoms with Crippen LogP contribution >= 0.6 is 39.1 Å². The standard InChI is InChI=1S/C13H15BrCl2O2/c1-18-13-7-9(10(15)8-11(13)16)12(17)5-3-2-4-6-14/h7-8H,2-6H2,1H3. The lowest BCUT2D eigenvalue weighted by Gasteiger charge is -2.08. The van der Waals surface area contributed by atoms with E-state index in [0.717, 1.165) is 24.6 Å². The van der Waals surface area contributed by atoms with Crippen LogP contribution in [0.3, 0.4) is 0 Å². The third-order valence-corrected chi connectivity index (χ3v) is 3.75. The van der Waals surface area contributed by atoms with Gasteiger partial charge in [-0.15, -0.1) is 0 Å². The highest BCUT2D eigenvalue weighted by atomic mass is 79.9.